The van der Waals surface area contributed by atoms with Crippen molar-refractivity contribution in [1.82, 2.24) is 15.5 Å². The fourth-order valence-electron chi connectivity index (χ4n) is 1.93. The molecule has 1 aromatic heterocycles. The van der Waals surface area contributed by atoms with Crippen molar-refractivity contribution in [2.45, 2.75) is 25.8 Å². The van der Waals surface area contributed by atoms with Gasteiger partial charge in [-0.05, 0) is 31.2 Å². The Morgan fingerprint density at radius 1 is 1.41 bits per heavy atom. The lowest BCUT2D eigenvalue weighted by Crippen LogP contribution is -2.35. The fourth-order valence-corrected chi connectivity index (χ4v) is 2.06. The number of nitrogens with one attached hydrogen (secondary N) is 1. The number of methoxy groups -OCH3 is 1. The molecule has 0 aliphatic heterocycles. The minimum atomic E-state index is -0.0733. The molecule has 118 valence electrons. The van der Waals surface area contributed by atoms with E-state index >= 15 is 0 Å². The van der Waals surface area contributed by atoms with E-state index in [1.165, 1.54) is 0 Å². The highest BCUT2D eigenvalue weighted by Crippen LogP contribution is 2.18. The Kier molecular flexibility index (Phi) is 5.91. The Balaban J connectivity index is 1.87. The van der Waals surface area contributed by atoms with Crippen LogP contribution in [0.1, 0.15) is 19.2 Å². The lowest BCUT2D eigenvalue weighted by atomic mass is 10.2. The maximum Gasteiger partial charge on any atom is 0.227 e. The summed E-state index contributed by atoms with van der Waals surface area (Å²) in [6.45, 7) is 2.36. The largest absolute Gasteiger partial charge is 0.383 e. The van der Waals surface area contributed by atoms with Crippen molar-refractivity contribution in [2.75, 3.05) is 13.7 Å². The average molecular weight is 324 g/mol. The third-order valence-electron chi connectivity index (χ3n) is 2.96. The molecule has 1 aromatic carbocycles. The highest BCUT2D eigenvalue weighted by atomic mass is 35.5. The Morgan fingerprint density at radius 3 is 2.82 bits per heavy atom. The van der Waals surface area contributed by atoms with Crippen LogP contribution in [0.25, 0.3) is 11.4 Å². The monoisotopic (exact) mass is 323 g/mol. The summed E-state index contributed by atoms with van der Waals surface area (Å²) in [5.41, 5.74) is 0.817. The minimum absolute atomic E-state index is 0.0233. The van der Waals surface area contributed by atoms with Gasteiger partial charge in [-0.2, -0.15) is 4.98 Å². The van der Waals surface area contributed by atoms with Gasteiger partial charge in [-0.15, -0.1) is 0 Å². The van der Waals surface area contributed by atoms with Gasteiger partial charge in [-0.1, -0.05) is 16.8 Å². The Morgan fingerprint density at radius 2 is 2.14 bits per heavy atom. The quantitative estimate of drug-likeness (QED) is 0.847. The average Bonchev–Trinajstić information content (AvgIpc) is 2.95. The lowest BCUT2D eigenvalue weighted by molar-refractivity contribution is -0.122. The Hall–Kier alpha value is -1.92. The lowest BCUT2D eigenvalue weighted by Gasteiger charge is -2.11. The van der Waals surface area contributed by atoms with Crippen molar-refractivity contribution in [3.05, 3.63) is 35.2 Å². The Bertz CT molecular complexity index is 613. The number of amides is 1. The van der Waals surface area contributed by atoms with Crippen molar-refractivity contribution in [3.63, 3.8) is 0 Å². The van der Waals surface area contributed by atoms with Crippen LogP contribution in [0.15, 0.2) is 28.8 Å². The van der Waals surface area contributed by atoms with E-state index in [4.69, 9.17) is 20.9 Å². The predicted octanol–water partition coefficient (Wildman–Crippen LogP) is 2.47. The number of hydrogen-bond acceptors (Lipinski definition) is 5. The summed E-state index contributed by atoms with van der Waals surface area (Å²) in [5, 5.41) is 7.38. The molecule has 2 rings (SSSR count). The van der Waals surface area contributed by atoms with E-state index in [1.807, 2.05) is 19.1 Å². The molecule has 1 N–H and O–H groups in total. The first kappa shape index (κ1) is 16.5. The number of rotatable bonds is 7. The van der Waals surface area contributed by atoms with E-state index < -0.39 is 0 Å². The zero-order valence-electron chi connectivity index (χ0n) is 12.5. The molecule has 1 atom stereocenters. The molecule has 0 aliphatic rings. The summed E-state index contributed by atoms with van der Waals surface area (Å²) in [6, 6.07) is 7.13. The molecule has 0 aliphatic carbocycles. The molecular formula is C15H18ClN3O3. The van der Waals surface area contributed by atoms with Gasteiger partial charge in [0, 0.05) is 36.6 Å². The van der Waals surface area contributed by atoms with E-state index in [9.17, 15) is 4.79 Å². The molecule has 0 unspecified atom stereocenters. The van der Waals surface area contributed by atoms with Gasteiger partial charge in [0.2, 0.25) is 17.6 Å². The van der Waals surface area contributed by atoms with E-state index in [1.54, 1.807) is 19.2 Å². The smallest absolute Gasteiger partial charge is 0.227 e. The zero-order valence-corrected chi connectivity index (χ0v) is 13.3. The summed E-state index contributed by atoms with van der Waals surface area (Å²) in [6.07, 6.45) is 0.683. The second-order valence-electron chi connectivity index (χ2n) is 4.94. The number of nitrogens with zero attached hydrogens (tertiary/aromatic N) is 2. The molecule has 0 fully saturated rings. The van der Waals surface area contributed by atoms with E-state index in [2.05, 4.69) is 15.5 Å². The number of aryl methyl sites for hydroxylation is 1. The third-order valence-corrected chi connectivity index (χ3v) is 3.21. The maximum atomic E-state index is 11.7. The van der Waals surface area contributed by atoms with E-state index in [-0.39, 0.29) is 18.4 Å². The van der Waals surface area contributed by atoms with Crippen molar-refractivity contribution in [2.24, 2.45) is 0 Å². The molecular weight excluding hydrogens is 306 g/mol. The van der Waals surface area contributed by atoms with Crippen LogP contribution in [0.3, 0.4) is 0 Å². The fraction of sp³-hybridized carbons (Fsp3) is 0.400. The maximum absolute atomic E-state index is 11.7. The zero-order chi connectivity index (χ0) is 15.9. The first-order valence-corrected chi connectivity index (χ1v) is 7.33. The van der Waals surface area contributed by atoms with Gasteiger partial charge >= 0.3 is 0 Å². The highest BCUT2D eigenvalue weighted by molar-refractivity contribution is 6.30. The molecule has 1 heterocycles. The van der Waals surface area contributed by atoms with Gasteiger partial charge < -0.3 is 14.6 Å². The van der Waals surface area contributed by atoms with Crippen LogP contribution in [0.2, 0.25) is 5.02 Å². The van der Waals surface area contributed by atoms with Gasteiger partial charge in [0.15, 0.2) is 0 Å². The number of carbonyl (C=O) groups excluding carboxylic acids is 1. The third kappa shape index (κ3) is 4.82. The molecule has 1 amide bonds. The molecule has 7 heteroatoms. The number of aromatic nitrogens is 2. The minimum Gasteiger partial charge on any atom is -0.383 e. The molecule has 22 heavy (non-hydrogen) atoms. The number of halogens is 1. The summed E-state index contributed by atoms with van der Waals surface area (Å²) in [7, 11) is 1.60. The molecule has 0 saturated carbocycles. The van der Waals surface area contributed by atoms with Crippen LogP contribution in [-0.2, 0) is 16.0 Å². The number of hydrogen-bond donors (Lipinski definition) is 1. The van der Waals surface area contributed by atoms with Gasteiger partial charge in [0.05, 0.1) is 6.61 Å². The predicted molar refractivity (Wildman–Crippen MR) is 82.5 cm³/mol. The molecule has 2 aromatic rings. The van der Waals surface area contributed by atoms with E-state index in [0.29, 0.717) is 29.8 Å². The molecule has 0 radical (unpaired) electrons. The van der Waals surface area contributed by atoms with Crippen molar-refractivity contribution < 1.29 is 14.1 Å². The number of carbonyl (C=O) groups is 1. The highest BCUT2D eigenvalue weighted by Gasteiger charge is 2.12. The number of ether oxygens (including phenoxy) is 1. The molecule has 0 spiro atoms. The number of benzene rings is 1. The second kappa shape index (κ2) is 7.91. The van der Waals surface area contributed by atoms with Gasteiger partial charge in [-0.25, -0.2) is 0 Å². The molecule has 0 saturated heterocycles. The molecule has 6 nitrogen and oxygen atoms in total. The van der Waals surface area contributed by atoms with Crippen molar-refractivity contribution in [1.29, 1.82) is 0 Å². The summed E-state index contributed by atoms with van der Waals surface area (Å²) >= 11 is 5.84. The van der Waals surface area contributed by atoms with Gasteiger partial charge in [0.25, 0.3) is 0 Å². The van der Waals surface area contributed by atoms with Crippen LogP contribution < -0.4 is 5.32 Å². The summed E-state index contributed by atoms with van der Waals surface area (Å²) in [4.78, 5) is 16.0. The van der Waals surface area contributed by atoms with Crippen molar-refractivity contribution in [3.8, 4) is 11.4 Å². The standard InChI is InChI=1S/C15H18ClN3O3/c1-10(9-21-2)17-13(20)7-8-14-18-15(19-22-14)11-3-5-12(16)6-4-11/h3-6,10H,7-9H2,1-2H3,(H,17,20)/t10-/m0/s1. The summed E-state index contributed by atoms with van der Waals surface area (Å²) in [5.74, 6) is 0.843. The normalized spacial score (nSPS) is 12.1. The van der Waals surface area contributed by atoms with Crippen LogP contribution in [-0.4, -0.2) is 35.8 Å². The van der Waals surface area contributed by atoms with Crippen LogP contribution in [0.5, 0.6) is 0 Å². The van der Waals surface area contributed by atoms with Crippen LogP contribution in [0, 0.1) is 0 Å². The van der Waals surface area contributed by atoms with Crippen LogP contribution >= 0.6 is 11.6 Å². The van der Waals surface area contributed by atoms with Crippen LogP contribution in [0.4, 0.5) is 0 Å². The first-order chi connectivity index (χ1) is 10.6. The van der Waals surface area contributed by atoms with Gasteiger partial charge in [-0.3, -0.25) is 4.79 Å². The first-order valence-electron chi connectivity index (χ1n) is 6.95. The SMILES string of the molecule is COC[C@H](C)NC(=O)CCc1nc(-c2ccc(Cl)cc2)no1. The second-order valence-corrected chi connectivity index (χ2v) is 5.38. The Labute approximate surface area is 133 Å². The van der Waals surface area contributed by atoms with E-state index in [0.717, 1.165) is 5.56 Å². The van der Waals surface area contributed by atoms with Gasteiger partial charge in [0.1, 0.15) is 0 Å². The molecule has 0 bridgehead atoms. The topological polar surface area (TPSA) is 77.2 Å². The van der Waals surface area contributed by atoms with Crippen molar-refractivity contribution >= 4 is 17.5 Å². The summed E-state index contributed by atoms with van der Waals surface area (Å²) < 4.78 is 10.1.